The lowest BCUT2D eigenvalue weighted by Crippen LogP contribution is -2.44. The van der Waals surface area contributed by atoms with Gasteiger partial charge in [-0.1, -0.05) is 13.8 Å². The fourth-order valence-corrected chi connectivity index (χ4v) is 1.83. The van der Waals surface area contributed by atoms with Crippen LogP contribution in [0.15, 0.2) is 22.7 Å². The van der Waals surface area contributed by atoms with Crippen LogP contribution in [0.1, 0.15) is 24.2 Å². The molecule has 0 spiro atoms. The molecule has 4 nitrogen and oxygen atoms in total. The average molecular weight is 318 g/mol. The predicted octanol–water partition coefficient (Wildman–Crippen LogP) is 2.43. The van der Waals surface area contributed by atoms with E-state index in [1.165, 1.54) is 12.1 Å². The molecule has 0 saturated carbocycles. The minimum atomic E-state index is -1.12. The summed E-state index contributed by atoms with van der Waals surface area (Å²) in [6.07, 6.45) is 0. The third kappa shape index (κ3) is 3.53. The molecular formula is C12H13BrFNO3. The van der Waals surface area contributed by atoms with Gasteiger partial charge in [0.15, 0.2) is 0 Å². The third-order valence-corrected chi connectivity index (χ3v) is 3.08. The molecule has 0 aliphatic rings. The second kappa shape index (κ2) is 5.95. The minimum absolute atomic E-state index is 0.0712. The van der Waals surface area contributed by atoms with E-state index in [-0.39, 0.29) is 11.5 Å². The van der Waals surface area contributed by atoms with E-state index >= 15 is 0 Å². The highest BCUT2D eigenvalue weighted by Crippen LogP contribution is 2.18. The van der Waals surface area contributed by atoms with Crippen molar-refractivity contribution in [3.8, 4) is 0 Å². The lowest BCUT2D eigenvalue weighted by atomic mass is 10.0. The van der Waals surface area contributed by atoms with Crippen LogP contribution >= 0.6 is 15.9 Å². The number of carboxylic acids is 1. The number of hydrogen-bond donors (Lipinski definition) is 2. The molecule has 2 N–H and O–H groups in total. The summed E-state index contributed by atoms with van der Waals surface area (Å²) in [5.41, 5.74) is 0.0712. The molecule has 0 aromatic heterocycles. The van der Waals surface area contributed by atoms with Crippen molar-refractivity contribution >= 4 is 27.8 Å². The van der Waals surface area contributed by atoms with Gasteiger partial charge in [-0.05, 0) is 40.0 Å². The summed E-state index contributed by atoms with van der Waals surface area (Å²) in [5, 5.41) is 11.3. The van der Waals surface area contributed by atoms with Gasteiger partial charge in [-0.3, -0.25) is 4.79 Å². The monoisotopic (exact) mass is 317 g/mol. The van der Waals surface area contributed by atoms with E-state index in [1.54, 1.807) is 13.8 Å². The molecule has 1 aromatic carbocycles. The fraction of sp³-hybridized carbons (Fsp3) is 0.333. The molecule has 1 rings (SSSR count). The van der Waals surface area contributed by atoms with Gasteiger partial charge in [0.2, 0.25) is 0 Å². The number of rotatable bonds is 4. The molecular weight excluding hydrogens is 305 g/mol. The summed E-state index contributed by atoms with van der Waals surface area (Å²) < 4.78 is 13.5. The van der Waals surface area contributed by atoms with Crippen molar-refractivity contribution in [3.05, 3.63) is 34.1 Å². The van der Waals surface area contributed by atoms with Gasteiger partial charge in [0, 0.05) is 4.47 Å². The standard InChI is InChI=1S/C12H13BrFNO3/c1-6(2)10(12(17)18)15-11(16)8-5-7(14)3-4-9(8)13/h3-6,10H,1-2H3,(H,15,16)(H,17,18)/t10-/m0/s1. The average Bonchev–Trinajstić information content (AvgIpc) is 2.28. The van der Waals surface area contributed by atoms with Gasteiger partial charge in [0.1, 0.15) is 11.9 Å². The highest BCUT2D eigenvalue weighted by Gasteiger charge is 2.24. The second-order valence-corrected chi connectivity index (χ2v) is 5.01. The SMILES string of the molecule is CC(C)[C@H](NC(=O)c1cc(F)ccc1Br)C(=O)O. The first kappa shape index (κ1) is 14.6. The molecule has 0 saturated heterocycles. The van der Waals surface area contributed by atoms with Crippen LogP contribution in [0.25, 0.3) is 0 Å². The summed E-state index contributed by atoms with van der Waals surface area (Å²) in [6.45, 7) is 3.36. The van der Waals surface area contributed by atoms with Crippen molar-refractivity contribution in [2.24, 2.45) is 5.92 Å². The van der Waals surface area contributed by atoms with E-state index in [9.17, 15) is 14.0 Å². The fourth-order valence-electron chi connectivity index (χ4n) is 1.40. The Morgan fingerprint density at radius 1 is 1.39 bits per heavy atom. The molecule has 0 radical (unpaired) electrons. The predicted molar refractivity (Wildman–Crippen MR) is 67.8 cm³/mol. The van der Waals surface area contributed by atoms with Gasteiger partial charge in [-0.2, -0.15) is 0 Å². The number of aliphatic carboxylic acids is 1. The number of hydrogen-bond acceptors (Lipinski definition) is 2. The maximum absolute atomic E-state index is 13.0. The lowest BCUT2D eigenvalue weighted by molar-refractivity contribution is -0.140. The van der Waals surface area contributed by atoms with E-state index < -0.39 is 23.7 Å². The van der Waals surface area contributed by atoms with Gasteiger partial charge in [-0.25, -0.2) is 9.18 Å². The zero-order valence-electron chi connectivity index (χ0n) is 9.91. The highest BCUT2D eigenvalue weighted by molar-refractivity contribution is 9.10. The quantitative estimate of drug-likeness (QED) is 0.896. The van der Waals surface area contributed by atoms with Crippen molar-refractivity contribution in [1.29, 1.82) is 0 Å². The van der Waals surface area contributed by atoms with Crippen LogP contribution in [0.3, 0.4) is 0 Å². The molecule has 18 heavy (non-hydrogen) atoms. The largest absolute Gasteiger partial charge is 0.480 e. The molecule has 0 unspecified atom stereocenters. The summed E-state index contributed by atoms with van der Waals surface area (Å²) in [7, 11) is 0. The summed E-state index contributed by atoms with van der Waals surface area (Å²) >= 11 is 3.12. The normalized spacial score (nSPS) is 12.3. The Morgan fingerprint density at radius 2 is 2.00 bits per heavy atom. The summed E-state index contributed by atoms with van der Waals surface area (Å²) in [4.78, 5) is 22.8. The van der Waals surface area contributed by atoms with E-state index in [4.69, 9.17) is 5.11 Å². The maximum Gasteiger partial charge on any atom is 0.326 e. The topological polar surface area (TPSA) is 66.4 Å². The van der Waals surface area contributed by atoms with Crippen LogP contribution in [0, 0.1) is 11.7 Å². The number of carbonyl (C=O) groups excluding carboxylic acids is 1. The Labute approximate surface area is 112 Å². The molecule has 0 bridgehead atoms. The Kier molecular flexibility index (Phi) is 4.84. The Balaban J connectivity index is 2.94. The summed E-state index contributed by atoms with van der Waals surface area (Å²) in [6, 6.07) is 2.65. The Bertz CT molecular complexity index is 476. The van der Waals surface area contributed by atoms with Crippen LogP contribution in [0.2, 0.25) is 0 Å². The van der Waals surface area contributed by atoms with Gasteiger partial charge >= 0.3 is 5.97 Å². The van der Waals surface area contributed by atoms with Crippen molar-refractivity contribution in [3.63, 3.8) is 0 Å². The lowest BCUT2D eigenvalue weighted by Gasteiger charge is -2.18. The molecule has 1 amide bonds. The highest BCUT2D eigenvalue weighted by atomic mass is 79.9. The summed E-state index contributed by atoms with van der Waals surface area (Å²) in [5.74, 6) is -2.56. The van der Waals surface area contributed by atoms with Gasteiger partial charge in [0.25, 0.3) is 5.91 Å². The molecule has 0 fully saturated rings. The van der Waals surface area contributed by atoms with Crippen LogP contribution in [0.5, 0.6) is 0 Å². The molecule has 0 aliphatic heterocycles. The molecule has 0 heterocycles. The van der Waals surface area contributed by atoms with Gasteiger partial charge < -0.3 is 10.4 Å². The van der Waals surface area contributed by atoms with Crippen LogP contribution < -0.4 is 5.32 Å². The first-order valence-electron chi connectivity index (χ1n) is 5.31. The van der Waals surface area contributed by atoms with Crippen LogP contribution in [-0.4, -0.2) is 23.0 Å². The van der Waals surface area contributed by atoms with Crippen molar-refractivity contribution in [2.75, 3.05) is 0 Å². The second-order valence-electron chi connectivity index (χ2n) is 4.16. The Hall–Kier alpha value is -1.43. The van der Waals surface area contributed by atoms with Gasteiger partial charge in [-0.15, -0.1) is 0 Å². The first-order valence-corrected chi connectivity index (χ1v) is 6.11. The number of carboxylic acid groups (broad SMARTS) is 1. The molecule has 1 aromatic rings. The molecule has 0 aliphatic carbocycles. The minimum Gasteiger partial charge on any atom is -0.480 e. The van der Waals surface area contributed by atoms with Crippen molar-refractivity contribution in [2.45, 2.75) is 19.9 Å². The number of halogens is 2. The van der Waals surface area contributed by atoms with Gasteiger partial charge in [0.05, 0.1) is 5.56 Å². The van der Waals surface area contributed by atoms with E-state index in [2.05, 4.69) is 21.2 Å². The zero-order chi connectivity index (χ0) is 13.9. The zero-order valence-corrected chi connectivity index (χ0v) is 11.5. The number of carbonyl (C=O) groups is 2. The van der Waals surface area contributed by atoms with E-state index in [1.807, 2.05) is 0 Å². The Morgan fingerprint density at radius 3 is 2.50 bits per heavy atom. The third-order valence-electron chi connectivity index (χ3n) is 2.39. The smallest absolute Gasteiger partial charge is 0.326 e. The number of benzene rings is 1. The van der Waals surface area contributed by atoms with Crippen molar-refractivity contribution < 1.29 is 19.1 Å². The van der Waals surface area contributed by atoms with Crippen LogP contribution in [-0.2, 0) is 4.79 Å². The number of nitrogens with one attached hydrogen (secondary N) is 1. The molecule has 98 valence electrons. The van der Waals surface area contributed by atoms with Crippen molar-refractivity contribution in [1.82, 2.24) is 5.32 Å². The van der Waals surface area contributed by atoms with E-state index in [0.29, 0.717) is 4.47 Å². The first-order chi connectivity index (χ1) is 8.32. The maximum atomic E-state index is 13.0. The molecule has 1 atom stereocenters. The van der Waals surface area contributed by atoms with Crippen LogP contribution in [0.4, 0.5) is 4.39 Å². The van der Waals surface area contributed by atoms with E-state index in [0.717, 1.165) is 6.07 Å². The molecule has 6 heteroatoms. The number of amides is 1.